The van der Waals surface area contributed by atoms with E-state index in [1.165, 1.54) is 0 Å². The zero-order chi connectivity index (χ0) is 29.5. The molecule has 6 rings (SSSR count). The molecule has 209 valence electrons. The zero-order valence-corrected chi connectivity index (χ0v) is 30.6. The van der Waals surface area contributed by atoms with Crippen molar-refractivity contribution in [2.24, 2.45) is 0 Å². The molecule has 0 fully saturated rings. The second-order valence-electron chi connectivity index (χ2n) is 11.2. The molecule has 4 aromatic carbocycles. The predicted octanol–water partition coefficient (Wildman–Crippen LogP) is 8.11. The zero-order valence-electron chi connectivity index (χ0n) is 23.4. The van der Waals surface area contributed by atoms with Gasteiger partial charge in [0.1, 0.15) is 0 Å². The van der Waals surface area contributed by atoms with Crippen LogP contribution in [-0.4, -0.2) is 30.1 Å². The van der Waals surface area contributed by atoms with Crippen molar-refractivity contribution in [3.8, 4) is 22.3 Å². The number of carbonyl (C=O) groups is 2. The molecule has 0 heterocycles. The molecule has 8 heteroatoms. The van der Waals surface area contributed by atoms with Crippen molar-refractivity contribution in [3.63, 3.8) is 0 Å². The standard InChI is InChI=1S/2C16H13.2CH3NO.2ClH.In.Zr/c2*1-12-10-14-8-5-9-15(16(14)11-12)13-6-3-2-4-7-13;2*2-1-3;;;;/h2*2-11H,1H3;2*1H,(H2,2,3);2*1H;;/q;;;;;;2*+2/p-4. The van der Waals surface area contributed by atoms with Crippen LogP contribution in [0.3, 0.4) is 0 Å². The van der Waals surface area contributed by atoms with Crippen LogP contribution in [0.4, 0.5) is 0 Å². The van der Waals surface area contributed by atoms with E-state index in [-0.39, 0.29) is 7.25 Å². The number of hydrogen-bond acceptors (Lipinski definition) is 2. The number of carbonyl (C=O) groups excluding carboxylic acids is 2. The number of hydrogen-bond donors (Lipinski definition) is 2. The van der Waals surface area contributed by atoms with Gasteiger partial charge in [0, 0.05) is 0 Å². The molecule has 4 nitrogen and oxygen atoms in total. The Kier molecular flexibility index (Phi) is 8.21. The van der Waals surface area contributed by atoms with E-state index in [2.05, 4.69) is 93.3 Å². The summed E-state index contributed by atoms with van der Waals surface area (Å²) in [5.74, 6) is 0. The van der Waals surface area contributed by atoms with Gasteiger partial charge in [0.05, 0.1) is 0 Å². The summed E-state index contributed by atoms with van der Waals surface area (Å²) in [4.78, 5) is 24.2. The van der Waals surface area contributed by atoms with Gasteiger partial charge in [0.15, 0.2) is 0 Å². The van der Waals surface area contributed by atoms with Crippen LogP contribution < -0.4 is 6.61 Å². The van der Waals surface area contributed by atoms with Crippen molar-refractivity contribution in [1.82, 2.24) is 6.61 Å². The fourth-order valence-corrected chi connectivity index (χ4v) is 77.3. The molecule has 0 aromatic heterocycles. The minimum absolute atomic E-state index is 0.284. The van der Waals surface area contributed by atoms with Gasteiger partial charge in [-0.2, -0.15) is 0 Å². The minimum atomic E-state index is -5.41. The van der Waals surface area contributed by atoms with Gasteiger partial charge >= 0.3 is 261 Å². The van der Waals surface area contributed by atoms with Crippen LogP contribution in [0.2, 0.25) is 0 Å². The second-order valence-corrected chi connectivity index (χ2v) is 78.5. The Hall–Kier alpha value is -2.37. The molecule has 2 aliphatic rings. The van der Waals surface area contributed by atoms with E-state index in [1.807, 2.05) is 36.4 Å². The summed E-state index contributed by atoms with van der Waals surface area (Å²) in [7, 11) is 16.6. The van der Waals surface area contributed by atoms with Crippen LogP contribution in [-0.2, 0) is 21.3 Å². The van der Waals surface area contributed by atoms with E-state index in [4.69, 9.17) is 17.0 Å². The third kappa shape index (κ3) is 4.70. The first kappa shape index (κ1) is 29.7. The number of rotatable bonds is 9. The van der Waals surface area contributed by atoms with Crippen molar-refractivity contribution in [1.29, 1.82) is 0 Å². The van der Waals surface area contributed by atoms with Gasteiger partial charge in [-0.05, 0) is 0 Å². The monoisotopic (exact) mass is 773 g/mol. The molecule has 2 atom stereocenters. The Balaban J connectivity index is 1.61. The maximum atomic E-state index is 12.1. The molecule has 0 saturated carbocycles. The van der Waals surface area contributed by atoms with Gasteiger partial charge < -0.3 is 0 Å². The quantitative estimate of drug-likeness (QED) is 0.169. The molecular formula is C34H30Cl2InN2O2Zr. The average molecular weight is 776 g/mol. The molecule has 0 bridgehead atoms. The molecule has 2 amide bonds. The van der Waals surface area contributed by atoms with E-state index in [1.54, 1.807) is 0 Å². The van der Waals surface area contributed by atoms with Crippen molar-refractivity contribution < 1.29 is 21.3 Å². The van der Waals surface area contributed by atoms with Crippen LogP contribution in [0, 0.1) is 0 Å². The maximum absolute atomic E-state index is 12.1. The fraction of sp³-hybridized carbons (Fsp3) is 0.118. The first-order chi connectivity index (χ1) is 20.3. The van der Waals surface area contributed by atoms with Gasteiger partial charge in [0.25, 0.3) is 0 Å². The van der Waals surface area contributed by atoms with E-state index in [9.17, 15) is 9.59 Å². The summed E-state index contributed by atoms with van der Waals surface area (Å²) >= 11 is -9.23. The molecule has 2 aliphatic carbocycles. The molecule has 2 unspecified atom stereocenters. The molecule has 0 spiro atoms. The van der Waals surface area contributed by atoms with E-state index in [0.717, 1.165) is 55.7 Å². The fourth-order valence-electron chi connectivity index (χ4n) is 7.31. The summed E-state index contributed by atoms with van der Waals surface area (Å²) in [5, 5.41) is 0. The molecule has 0 saturated heterocycles. The molecule has 0 radical (unpaired) electrons. The van der Waals surface area contributed by atoms with Crippen LogP contribution in [0.1, 0.15) is 43.4 Å². The number of nitrogens with one attached hydrogen (secondary N) is 2. The van der Waals surface area contributed by atoms with Crippen LogP contribution in [0.5, 0.6) is 0 Å². The van der Waals surface area contributed by atoms with Gasteiger partial charge in [-0.3, -0.25) is 0 Å². The van der Waals surface area contributed by atoms with Crippen molar-refractivity contribution in [2.45, 2.75) is 21.1 Å². The van der Waals surface area contributed by atoms with E-state index >= 15 is 0 Å². The number of allylic oxidation sites excluding steroid dienone is 2. The average Bonchev–Trinajstić information content (AvgIpc) is 3.54. The number of fused-ring (bicyclic) bond motifs is 2. The summed E-state index contributed by atoms with van der Waals surface area (Å²) in [6.07, 6.45) is 5.78. The van der Waals surface area contributed by atoms with Crippen molar-refractivity contribution >= 4 is 59.3 Å². The second kappa shape index (κ2) is 11.6. The van der Waals surface area contributed by atoms with Crippen LogP contribution >= 0.6 is 17.0 Å². The topological polar surface area (TPSA) is 58.2 Å². The molecule has 2 N–H and O–H groups in total. The summed E-state index contributed by atoms with van der Waals surface area (Å²) in [6.45, 7) is 4.19. The third-order valence-electron chi connectivity index (χ3n) is 8.85. The molecular weight excluding hydrogens is 745 g/mol. The Labute approximate surface area is 258 Å². The SMILES string of the molecule is CC1=Cc2c(-c3ccccc3)cccc2[CH]1[Zr]([Cl])([Cl])([CH]1C(C)=Cc2c(-c3ccccc3)cccc21)[In]([NH]C=O)[NH]C=O. The first-order valence-electron chi connectivity index (χ1n) is 14.0. The molecule has 0 aliphatic heterocycles. The van der Waals surface area contributed by atoms with Gasteiger partial charge in [-0.15, -0.1) is 0 Å². The summed E-state index contributed by atoms with van der Waals surface area (Å²) in [6, 6.07) is 33.2. The van der Waals surface area contributed by atoms with Crippen LogP contribution in [0.15, 0.2) is 108 Å². The number of benzene rings is 4. The number of halogens is 2. The Morgan fingerprint density at radius 1 is 0.619 bits per heavy atom. The van der Waals surface area contributed by atoms with Gasteiger partial charge in [0.2, 0.25) is 0 Å². The van der Waals surface area contributed by atoms with E-state index in [0.29, 0.717) is 12.8 Å². The Morgan fingerprint density at radius 3 is 1.40 bits per heavy atom. The van der Waals surface area contributed by atoms with Crippen molar-refractivity contribution in [3.05, 3.63) is 130 Å². The van der Waals surface area contributed by atoms with Crippen LogP contribution in [0.25, 0.3) is 34.4 Å². The summed E-state index contributed by atoms with van der Waals surface area (Å²) in [5.41, 5.74) is 11.0. The summed E-state index contributed by atoms with van der Waals surface area (Å²) < 4.78 is 5.58. The predicted molar refractivity (Wildman–Crippen MR) is 172 cm³/mol. The third-order valence-corrected chi connectivity index (χ3v) is 81.3. The number of amides is 2. The van der Waals surface area contributed by atoms with Gasteiger partial charge in [-0.25, -0.2) is 0 Å². The Bertz CT molecular complexity index is 1630. The first-order valence-corrected chi connectivity index (χ1v) is 37.6. The molecule has 4 aromatic rings. The van der Waals surface area contributed by atoms with Crippen molar-refractivity contribution in [2.75, 3.05) is 0 Å². The van der Waals surface area contributed by atoms with Gasteiger partial charge in [-0.1, -0.05) is 0 Å². The van der Waals surface area contributed by atoms with E-state index < -0.39 is 29.0 Å². The normalized spacial score (nSPS) is 18.0. The Morgan fingerprint density at radius 2 is 1.02 bits per heavy atom. The molecule has 42 heavy (non-hydrogen) atoms.